The van der Waals surface area contributed by atoms with Gasteiger partial charge >= 0.3 is 5.97 Å². The summed E-state index contributed by atoms with van der Waals surface area (Å²) in [6, 6.07) is 13.6. The summed E-state index contributed by atoms with van der Waals surface area (Å²) in [6.07, 6.45) is 0.00479. The molecule has 2 aromatic carbocycles. The zero-order valence-corrected chi connectivity index (χ0v) is 16.7. The summed E-state index contributed by atoms with van der Waals surface area (Å²) in [6.45, 7) is 1.06. The number of para-hydroxylation sites is 1. The SMILES string of the molecule is COc1cccc(N2CC(C(=O)OCC(=O)Nc3ccccc3C(C)=O)CC2=O)c1. The van der Waals surface area contributed by atoms with Crippen LogP contribution in [0, 0.1) is 5.92 Å². The van der Waals surface area contributed by atoms with Crippen LogP contribution in [-0.2, 0) is 19.1 Å². The Kier molecular flexibility index (Phi) is 6.46. The van der Waals surface area contributed by atoms with Crippen LogP contribution in [0.25, 0.3) is 0 Å². The molecule has 0 aromatic heterocycles. The molecule has 0 saturated carbocycles. The maximum absolute atomic E-state index is 12.4. The monoisotopic (exact) mass is 410 g/mol. The third-order valence-corrected chi connectivity index (χ3v) is 4.75. The minimum atomic E-state index is -0.666. The normalized spacial score (nSPS) is 15.6. The van der Waals surface area contributed by atoms with E-state index in [0.29, 0.717) is 22.7 Å². The summed E-state index contributed by atoms with van der Waals surface area (Å²) >= 11 is 0. The van der Waals surface area contributed by atoms with Gasteiger partial charge in [0.1, 0.15) is 5.75 Å². The van der Waals surface area contributed by atoms with Gasteiger partial charge < -0.3 is 19.7 Å². The molecular weight excluding hydrogens is 388 g/mol. The van der Waals surface area contributed by atoms with Crippen LogP contribution in [0.2, 0.25) is 0 Å². The van der Waals surface area contributed by atoms with Gasteiger partial charge in [-0.2, -0.15) is 0 Å². The van der Waals surface area contributed by atoms with Crippen LogP contribution in [0.4, 0.5) is 11.4 Å². The Bertz CT molecular complexity index is 987. The standard InChI is InChI=1S/C22H22N2O6/c1-14(25)18-8-3-4-9-19(18)23-20(26)13-30-22(28)15-10-21(27)24(12-15)16-6-5-7-17(11-16)29-2/h3-9,11,15H,10,12-13H2,1-2H3,(H,23,26). The fourth-order valence-electron chi connectivity index (χ4n) is 3.23. The van der Waals surface area contributed by atoms with E-state index in [2.05, 4.69) is 5.32 Å². The summed E-state index contributed by atoms with van der Waals surface area (Å²) < 4.78 is 10.3. The molecule has 1 atom stereocenters. The molecule has 3 rings (SSSR count). The molecule has 8 heteroatoms. The molecule has 1 heterocycles. The van der Waals surface area contributed by atoms with E-state index >= 15 is 0 Å². The van der Waals surface area contributed by atoms with E-state index < -0.39 is 24.4 Å². The first kappa shape index (κ1) is 21.0. The van der Waals surface area contributed by atoms with Crippen LogP contribution in [0.3, 0.4) is 0 Å². The van der Waals surface area contributed by atoms with Crippen molar-refractivity contribution >= 4 is 34.9 Å². The molecular formula is C22H22N2O6. The first-order valence-electron chi connectivity index (χ1n) is 9.40. The number of ketones is 1. The molecule has 1 N–H and O–H groups in total. The lowest BCUT2D eigenvalue weighted by Crippen LogP contribution is -2.28. The zero-order valence-electron chi connectivity index (χ0n) is 16.7. The number of carbonyl (C=O) groups is 4. The molecule has 0 spiro atoms. The molecule has 1 unspecified atom stereocenters. The second-order valence-corrected chi connectivity index (χ2v) is 6.86. The number of benzene rings is 2. The summed E-state index contributed by atoms with van der Waals surface area (Å²) in [4.78, 5) is 50.0. The summed E-state index contributed by atoms with van der Waals surface area (Å²) in [5.74, 6) is -1.64. The third-order valence-electron chi connectivity index (χ3n) is 4.75. The van der Waals surface area contributed by atoms with Crippen molar-refractivity contribution in [2.45, 2.75) is 13.3 Å². The fraction of sp³-hybridized carbons (Fsp3) is 0.273. The highest BCUT2D eigenvalue weighted by atomic mass is 16.5. The summed E-state index contributed by atoms with van der Waals surface area (Å²) in [5, 5.41) is 2.57. The zero-order chi connectivity index (χ0) is 21.7. The molecule has 1 saturated heterocycles. The number of ether oxygens (including phenoxy) is 2. The highest BCUT2D eigenvalue weighted by Gasteiger charge is 2.36. The highest BCUT2D eigenvalue weighted by Crippen LogP contribution is 2.28. The summed E-state index contributed by atoms with van der Waals surface area (Å²) in [5.41, 5.74) is 1.35. The molecule has 1 aliphatic rings. The van der Waals surface area contributed by atoms with Gasteiger partial charge in [-0.05, 0) is 31.2 Å². The molecule has 30 heavy (non-hydrogen) atoms. The maximum Gasteiger partial charge on any atom is 0.311 e. The number of hydrogen-bond donors (Lipinski definition) is 1. The van der Waals surface area contributed by atoms with Gasteiger partial charge in [-0.3, -0.25) is 19.2 Å². The van der Waals surface area contributed by atoms with Crippen molar-refractivity contribution < 1.29 is 28.7 Å². The van der Waals surface area contributed by atoms with Gasteiger partial charge in [0, 0.05) is 30.3 Å². The number of methoxy groups -OCH3 is 1. The average molecular weight is 410 g/mol. The minimum Gasteiger partial charge on any atom is -0.497 e. The quantitative estimate of drug-likeness (QED) is 0.556. The number of esters is 1. The molecule has 156 valence electrons. The predicted molar refractivity (Wildman–Crippen MR) is 109 cm³/mol. The molecule has 1 aliphatic heterocycles. The Hall–Kier alpha value is -3.68. The molecule has 0 aliphatic carbocycles. The Morgan fingerprint density at radius 1 is 1.13 bits per heavy atom. The lowest BCUT2D eigenvalue weighted by atomic mass is 10.1. The van der Waals surface area contributed by atoms with Gasteiger partial charge in [-0.25, -0.2) is 0 Å². The van der Waals surface area contributed by atoms with Gasteiger partial charge in [0.25, 0.3) is 5.91 Å². The first-order valence-corrected chi connectivity index (χ1v) is 9.40. The molecule has 8 nitrogen and oxygen atoms in total. The van der Waals surface area contributed by atoms with Crippen molar-refractivity contribution in [2.24, 2.45) is 5.92 Å². The van der Waals surface area contributed by atoms with E-state index in [0.717, 1.165) is 0 Å². The minimum absolute atomic E-state index is 0.00479. The molecule has 2 amide bonds. The molecule has 1 fully saturated rings. The van der Waals surface area contributed by atoms with E-state index in [-0.39, 0.29) is 24.7 Å². The maximum atomic E-state index is 12.4. The topological polar surface area (TPSA) is 102 Å². The highest BCUT2D eigenvalue weighted by molar-refractivity contribution is 6.04. The van der Waals surface area contributed by atoms with Crippen molar-refractivity contribution in [3.63, 3.8) is 0 Å². The van der Waals surface area contributed by atoms with Gasteiger partial charge in [0.2, 0.25) is 5.91 Å². The van der Waals surface area contributed by atoms with Crippen molar-refractivity contribution in [3.8, 4) is 5.75 Å². The lowest BCUT2D eigenvalue weighted by Gasteiger charge is -2.17. The Morgan fingerprint density at radius 2 is 1.90 bits per heavy atom. The van der Waals surface area contributed by atoms with Crippen LogP contribution in [0.5, 0.6) is 5.75 Å². The first-order chi connectivity index (χ1) is 14.4. The van der Waals surface area contributed by atoms with Gasteiger partial charge in [0.15, 0.2) is 12.4 Å². The Labute approximate surface area is 173 Å². The predicted octanol–water partition coefficient (Wildman–Crippen LogP) is 2.43. The molecule has 0 bridgehead atoms. The van der Waals surface area contributed by atoms with Crippen molar-refractivity contribution in [1.82, 2.24) is 0 Å². The van der Waals surface area contributed by atoms with Crippen molar-refractivity contribution in [3.05, 3.63) is 54.1 Å². The second-order valence-electron chi connectivity index (χ2n) is 6.86. The van der Waals surface area contributed by atoms with Crippen LogP contribution in [0.15, 0.2) is 48.5 Å². The summed E-state index contributed by atoms with van der Waals surface area (Å²) in [7, 11) is 1.53. The van der Waals surface area contributed by atoms with E-state index in [4.69, 9.17) is 9.47 Å². The van der Waals surface area contributed by atoms with E-state index in [1.807, 2.05) is 0 Å². The van der Waals surface area contributed by atoms with Gasteiger partial charge in [-0.15, -0.1) is 0 Å². The van der Waals surface area contributed by atoms with Crippen molar-refractivity contribution in [2.75, 3.05) is 30.5 Å². The van der Waals surface area contributed by atoms with Crippen LogP contribution in [0.1, 0.15) is 23.7 Å². The second kappa shape index (κ2) is 9.21. The van der Waals surface area contributed by atoms with E-state index in [1.165, 1.54) is 18.9 Å². The van der Waals surface area contributed by atoms with E-state index in [9.17, 15) is 19.2 Å². The number of Topliss-reactive ketones (excluding diaryl/α,β-unsaturated/α-hetero) is 1. The molecule has 2 aromatic rings. The number of nitrogens with one attached hydrogen (secondary N) is 1. The number of nitrogens with zero attached hydrogens (tertiary/aromatic N) is 1. The third kappa shape index (κ3) is 4.83. The fourth-order valence-corrected chi connectivity index (χ4v) is 3.23. The van der Waals surface area contributed by atoms with Crippen LogP contribution < -0.4 is 15.0 Å². The van der Waals surface area contributed by atoms with Crippen LogP contribution >= 0.6 is 0 Å². The average Bonchev–Trinajstić information content (AvgIpc) is 3.14. The lowest BCUT2D eigenvalue weighted by molar-refractivity contribution is -0.151. The number of amides is 2. The largest absolute Gasteiger partial charge is 0.497 e. The van der Waals surface area contributed by atoms with Crippen molar-refractivity contribution in [1.29, 1.82) is 0 Å². The van der Waals surface area contributed by atoms with E-state index in [1.54, 1.807) is 48.5 Å². The van der Waals surface area contributed by atoms with Gasteiger partial charge in [0.05, 0.1) is 18.7 Å². The van der Waals surface area contributed by atoms with Crippen LogP contribution in [-0.4, -0.2) is 43.8 Å². The van der Waals surface area contributed by atoms with Gasteiger partial charge in [-0.1, -0.05) is 18.2 Å². The number of hydrogen-bond acceptors (Lipinski definition) is 6. The smallest absolute Gasteiger partial charge is 0.311 e. The number of anilines is 2. The Balaban J connectivity index is 1.56. The molecule has 0 radical (unpaired) electrons. The Morgan fingerprint density at radius 3 is 2.63 bits per heavy atom. The number of rotatable bonds is 7. The number of carbonyl (C=O) groups excluding carboxylic acids is 4.